The van der Waals surface area contributed by atoms with Gasteiger partial charge in [0.1, 0.15) is 144 Å². The summed E-state index contributed by atoms with van der Waals surface area (Å²) < 4.78 is 61.6. The summed E-state index contributed by atoms with van der Waals surface area (Å²) in [5.41, 5.74) is -7.99. The Balaban J connectivity index is 0.914. The number of fused-ring (bicyclic) bond motifs is 3. The van der Waals surface area contributed by atoms with E-state index in [4.69, 9.17) is 47.4 Å². The van der Waals surface area contributed by atoms with Gasteiger partial charge in [0.05, 0.1) is 83.4 Å². The van der Waals surface area contributed by atoms with E-state index in [1.807, 2.05) is 0 Å². The van der Waals surface area contributed by atoms with E-state index in [1.54, 1.807) is 20.8 Å². The number of aliphatic hydroxyl groups excluding tert-OH is 18. The van der Waals surface area contributed by atoms with Gasteiger partial charge in [-0.3, -0.25) is 0 Å². The van der Waals surface area contributed by atoms with Crippen molar-refractivity contribution in [1.29, 1.82) is 0 Å². The van der Waals surface area contributed by atoms with Gasteiger partial charge in [0.25, 0.3) is 0 Å². The molecular formula is C67H118O29. The standard InChI is InChI=1S/C67H118O29/c1-30(14-18-44(61(6,7)86)90-29-65(11)59(96-67(13)58(85)53(80)47(74)39(23-70)95-67)54(81)49(76)41(94-65)25-88-27-63(9)56(83)51(78)46(73)38(22-69)92-63)31(2)33-20-42(71)66(12)34(32(33)3)15-16-35-36(66)17-19-43(60(35,4)5)89-28-64(10)57(84)52(79)48(75)40(93-64)24-87-26-62(8)55(82)50(77)45(72)37(21-68)91-62/h16,30-34,36-59,68-86H,14-15,17-29H2,1-13H3/t30?,31-,32-,33?,34?,36?,37?,38?,39?,40?,41?,42?,43?,44?,45+,46-,47-,48+,49-,50+,51?,52+,53?,54?,55?,56+,57?,58+,59+,62?,63?,64-,65+,66-,67?/m0/s1. The maximum absolute atomic E-state index is 12.6. The fraction of sp³-hybridized carbons (Fsp3) is 0.970. The molecule has 0 radical (unpaired) electrons. The molecule has 8 rings (SSSR count). The highest BCUT2D eigenvalue weighted by Gasteiger charge is 2.63. The van der Waals surface area contributed by atoms with Gasteiger partial charge in [0.15, 0.2) is 5.79 Å². The molecule has 0 aromatic rings. The molecule has 0 aromatic heterocycles. The molecule has 0 aromatic carbocycles. The minimum Gasteiger partial charge on any atom is -0.394 e. The molecule has 5 saturated heterocycles. The first-order valence-electron chi connectivity index (χ1n) is 34.4. The third-order valence-corrected chi connectivity index (χ3v) is 24.3. The molecule has 0 bridgehead atoms. The third-order valence-electron chi connectivity index (χ3n) is 24.3. The van der Waals surface area contributed by atoms with Crippen molar-refractivity contribution in [2.45, 2.75) is 303 Å². The lowest BCUT2D eigenvalue weighted by Gasteiger charge is -2.62. The summed E-state index contributed by atoms with van der Waals surface area (Å²) in [6.45, 7) is 18.9. The van der Waals surface area contributed by atoms with Crippen molar-refractivity contribution in [1.82, 2.24) is 0 Å². The highest BCUT2D eigenvalue weighted by Crippen LogP contribution is 2.64. The van der Waals surface area contributed by atoms with E-state index < -0.39 is 219 Å². The van der Waals surface area contributed by atoms with Crippen molar-refractivity contribution >= 4 is 0 Å². The molecule has 3 aliphatic carbocycles. The van der Waals surface area contributed by atoms with Crippen LogP contribution in [0.25, 0.3) is 0 Å². The van der Waals surface area contributed by atoms with E-state index in [-0.39, 0.29) is 61.4 Å². The zero-order valence-corrected chi connectivity index (χ0v) is 58.0. The van der Waals surface area contributed by atoms with Crippen molar-refractivity contribution in [3.05, 3.63) is 11.6 Å². The molecule has 0 amide bonds. The molecular weight excluding hydrogens is 1270 g/mol. The van der Waals surface area contributed by atoms with Crippen LogP contribution < -0.4 is 0 Å². The van der Waals surface area contributed by atoms with Crippen LogP contribution >= 0.6 is 0 Å². The lowest BCUT2D eigenvalue weighted by molar-refractivity contribution is -0.402. The highest BCUT2D eigenvalue weighted by molar-refractivity contribution is 5.29. The third kappa shape index (κ3) is 15.3. The summed E-state index contributed by atoms with van der Waals surface area (Å²) in [5, 5.41) is 207. The second-order valence-electron chi connectivity index (χ2n) is 32.0. The minimum atomic E-state index is -2.25. The first-order valence-corrected chi connectivity index (χ1v) is 34.4. The van der Waals surface area contributed by atoms with Gasteiger partial charge < -0.3 is 144 Å². The average Bonchev–Trinajstić information content (AvgIpc) is 0.714. The number of hydrogen-bond donors (Lipinski definition) is 19. The summed E-state index contributed by atoms with van der Waals surface area (Å²) in [6, 6.07) is 0. The number of rotatable bonds is 25. The van der Waals surface area contributed by atoms with Crippen molar-refractivity contribution in [3.8, 4) is 0 Å². The predicted molar refractivity (Wildman–Crippen MR) is 336 cm³/mol. The molecule has 560 valence electrons. The Morgan fingerprint density at radius 2 is 0.969 bits per heavy atom. The maximum atomic E-state index is 12.6. The average molecular weight is 1390 g/mol. The fourth-order valence-electron chi connectivity index (χ4n) is 17.5. The van der Waals surface area contributed by atoms with Crippen molar-refractivity contribution in [2.75, 3.05) is 59.5 Å². The van der Waals surface area contributed by atoms with Gasteiger partial charge in [-0.05, 0) is 122 Å². The molecule has 20 unspecified atom stereocenters. The molecule has 35 atom stereocenters. The van der Waals surface area contributed by atoms with Gasteiger partial charge in [-0.2, -0.15) is 0 Å². The summed E-state index contributed by atoms with van der Waals surface area (Å²) in [6.07, 6.45) is -28.3. The van der Waals surface area contributed by atoms with Gasteiger partial charge in [-0.15, -0.1) is 0 Å². The summed E-state index contributed by atoms with van der Waals surface area (Å²) in [4.78, 5) is 0. The molecule has 29 heteroatoms. The molecule has 8 aliphatic rings. The van der Waals surface area contributed by atoms with E-state index in [2.05, 4.69) is 47.6 Å². The van der Waals surface area contributed by atoms with Crippen LogP contribution in [0.1, 0.15) is 129 Å². The van der Waals surface area contributed by atoms with E-state index in [1.165, 1.54) is 33.3 Å². The van der Waals surface area contributed by atoms with Crippen LogP contribution in [0.4, 0.5) is 0 Å². The zero-order valence-electron chi connectivity index (χ0n) is 58.0. The minimum absolute atomic E-state index is 0.00491. The Labute approximate surface area is 562 Å². The Morgan fingerprint density at radius 1 is 0.531 bits per heavy atom. The summed E-state index contributed by atoms with van der Waals surface area (Å²) >= 11 is 0. The fourth-order valence-corrected chi connectivity index (χ4v) is 17.5. The van der Waals surface area contributed by atoms with Gasteiger partial charge in [0.2, 0.25) is 0 Å². The van der Waals surface area contributed by atoms with Crippen LogP contribution in [-0.2, 0) is 47.4 Å². The molecule has 5 heterocycles. The molecule has 7 fully saturated rings. The molecule has 2 saturated carbocycles. The predicted octanol–water partition coefficient (Wildman–Crippen LogP) is -3.82. The van der Waals surface area contributed by atoms with Crippen LogP contribution in [0.2, 0.25) is 0 Å². The van der Waals surface area contributed by atoms with Crippen molar-refractivity contribution in [3.63, 3.8) is 0 Å². The lowest BCUT2D eigenvalue weighted by atomic mass is 9.44. The SMILES string of the molecule is CC(CCC(OC[C@@]1(C)OC(COCC2(C)OC(CO)[C@H](O)C(O)[C@H]2O)[C@H](O)C(O)[C@H]1OC1(C)OC(CO)[C@H](O)C(O)[C@H]1O)C(C)(C)O)[C@H](C)C1CC(O)[C@]2(C)C3CCC(OC[C@]4(C)OC(COCC5(C)OC(CO)[C@@H](O)[C@@H](O)C5O)[C@@H](O)[C@@H](O)C4O)C(C)(C)C3=CCC2[C@H]1C. The van der Waals surface area contributed by atoms with Crippen LogP contribution in [0.3, 0.4) is 0 Å². The molecule has 96 heavy (non-hydrogen) atoms. The van der Waals surface area contributed by atoms with Gasteiger partial charge in [-0.1, -0.05) is 53.2 Å². The van der Waals surface area contributed by atoms with Crippen LogP contribution in [0.5, 0.6) is 0 Å². The van der Waals surface area contributed by atoms with Crippen molar-refractivity contribution in [2.24, 2.45) is 46.3 Å². The van der Waals surface area contributed by atoms with Crippen LogP contribution in [0, 0.1) is 46.3 Å². The molecule has 0 spiro atoms. The smallest absolute Gasteiger partial charge is 0.195 e. The molecule has 29 nitrogen and oxygen atoms in total. The maximum Gasteiger partial charge on any atom is 0.195 e. The summed E-state index contributed by atoms with van der Waals surface area (Å²) in [5.74, 6) is -1.79. The number of aliphatic hydroxyl groups is 19. The number of hydrogen-bond acceptors (Lipinski definition) is 29. The first kappa shape index (κ1) is 80.3. The van der Waals surface area contributed by atoms with Crippen molar-refractivity contribution < 1.29 is 144 Å². The van der Waals surface area contributed by atoms with E-state index in [0.29, 0.717) is 38.5 Å². The van der Waals surface area contributed by atoms with Gasteiger partial charge in [0, 0.05) is 10.8 Å². The Kier molecular flexibility index (Phi) is 25.4. The van der Waals surface area contributed by atoms with Gasteiger partial charge in [-0.25, -0.2) is 0 Å². The molecule has 5 aliphatic heterocycles. The Morgan fingerprint density at radius 3 is 1.46 bits per heavy atom. The normalized spacial score (nSPS) is 50.2. The quantitative estimate of drug-likeness (QED) is 0.0390. The van der Waals surface area contributed by atoms with E-state index in [9.17, 15) is 97.0 Å². The number of ether oxygens (including phenoxy) is 10. The van der Waals surface area contributed by atoms with Crippen LogP contribution in [-0.4, -0.2) is 331 Å². The first-order chi connectivity index (χ1) is 44.5. The lowest BCUT2D eigenvalue weighted by Crippen LogP contribution is -2.72. The second kappa shape index (κ2) is 30.3. The molecule has 19 N–H and O–H groups in total. The highest BCUT2D eigenvalue weighted by atomic mass is 16.7. The topological polar surface area (TPSA) is 477 Å². The van der Waals surface area contributed by atoms with Crippen LogP contribution in [0.15, 0.2) is 11.6 Å². The second-order valence-corrected chi connectivity index (χ2v) is 32.0. The van der Waals surface area contributed by atoms with Gasteiger partial charge >= 0.3 is 0 Å². The zero-order chi connectivity index (χ0) is 71.7. The largest absolute Gasteiger partial charge is 0.394 e. The summed E-state index contributed by atoms with van der Waals surface area (Å²) in [7, 11) is 0. The Bertz CT molecular complexity index is 2540. The van der Waals surface area contributed by atoms with E-state index in [0.717, 1.165) is 0 Å². The monoisotopic (exact) mass is 1390 g/mol. The Hall–Kier alpha value is -1.42. The number of allylic oxidation sites excluding steroid dienone is 1. The van der Waals surface area contributed by atoms with E-state index >= 15 is 0 Å².